The van der Waals surface area contributed by atoms with Gasteiger partial charge in [0.15, 0.2) is 0 Å². The average Bonchev–Trinajstić information content (AvgIpc) is 2.72. The first-order valence-corrected chi connectivity index (χ1v) is 6.26. The van der Waals surface area contributed by atoms with Crippen molar-refractivity contribution in [2.75, 3.05) is 0 Å². The molecule has 1 aliphatic rings. The second-order valence-electron chi connectivity index (χ2n) is 4.78. The van der Waals surface area contributed by atoms with Crippen molar-refractivity contribution in [3.05, 3.63) is 23.1 Å². The van der Waals surface area contributed by atoms with Crippen LogP contribution < -0.4 is 5.32 Å². The number of hydrogen-bond donors (Lipinski definition) is 3. The van der Waals surface area contributed by atoms with Gasteiger partial charge in [-0.1, -0.05) is 6.07 Å². The molecule has 0 radical (unpaired) electrons. The van der Waals surface area contributed by atoms with Gasteiger partial charge in [0.05, 0.1) is 5.39 Å². The lowest BCUT2D eigenvalue weighted by Gasteiger charge is -2.23. The van der Waals surface area contributed by atoms with Crippen LogP contribution in [0.25, 0.3) is 10.8 Å². The molecule has 1 saturated heterocycles. The van der Waals surface area contributed by atoms with Crippen LogP contribution in [0, 0.1) is 4.91 Å². The van der Waals surface area contributed by atoms with E-state index in [1.165, 1.54) is 18.2 Å². The van der Waals surface area contributed by atoms with Gasteiger partial charge in [0.1, 0.15) is 11.7 Å². The second kappa shape index (κ2) is 4.58. The number of aromatic nitrogens is 1. The van der Waals surface area contributed by atoms with E-state index in [1.54, 1.807) is 0 Å². The Morgan fingerprint density at radius 2 is 2.00 bits per heavy atom. The topological polar surface area (TPSA) is 121 Å². The van der Waals surface area contributed by atoms with Crippen LogP contribution in [0.5, 0.6) is 11.8 Å². The van der Waals surface area contributed by atoms with Gasteiger partial charge in [-0.15, -0.1) is 4.91 Å². The van der Waals surface area contributed by atoms with Crippen molar-refractivity contribution in [1.82, 2.24) is 9.88 Å². The molecular formula is C13H11N3O5. The lowest BCUT2D eigenvalue weighted by molar-refractivity contribution is -0.135. The number of carbonyl (C=O) groups excluding carboxylic acids is 2. The maximum Gasteiger partial charge on any atom is 0.249 e. The highest BCUT2D eigenvalue weighted by molar-refractivity contribution is 6.03. The van der Waals surface area contributed by atoms with Crippen LogP contribution in [-0.4, -0.2) is 26.6 Å². The van der Waals surface area contributed by atoms with Crippen LogP contribution in [-0.2, 0) is 9.59 Å². The third kappa shape index (κ3) is 1.83. The third-order valence-corrected chi connectivity index (χ3v) is 3.58. The Kier molecular flexibility index (Phi) is 2.86. The Balaban J connectivity index is 2.22. The Hall–Kier alpha value is -2.90. The van der Waals surface area contributed by atoms with Crippen molar-refractivity contribution in [1.29, 1.82) is 0 Å². The van der Waals surface area contributed by atoms with Gasteiger partial charge in [-0.2, -0.15) is 0 Å². The predicted octanol–water partition coefficient (Wildman–Crippen LogP) is 1.43. The molecule has 1 atom stereocenters. The third-order valence-electron chi connectivity index (χ3n) is 3.58. The van der Waals surface area contributed by atoms with E-state index in [9.17, 15) is 24.7 Å². The van der Waals surface area contributed by atoms with Crippen molar-refractivity contribution in [2.45, 2.75) is 18.9 Å². The summed E-state index contributed by atoms with van der Waals surface area (Å²) in [5.41, 5.74) is -0.0358. The zero-order valence-corrected chi connectivity index (χ0v) is 10.7. The number of amides is 2. The molecule has 1 unspecified atom stereocenters. The maximum atomic E-state index is 11.9. The molecule has 2 aromatic rings. The van der Waals surface area contributed by atoms with E-state index in [-0.39, 0.29) is 35.2 Å². The van der Waals surface area contributed by atoms with E-state index in [0.29, 0.717) is 0 Å². The monoisotopic (exact) mass is 289 g/mol. The molecule has 1 aromatic heterocycles. The lowest BCUT2D eigenvalue weighted by atomic mass is 10.1. The molecule has 0 aliphatic carbocycles. The van der Waals surface area contributed by atoms with Crippen LogP contribution in [0.15, 0.2) is 23.4 Å². The molecule has 0 bridgehead atoms. The minimum absolute atomic E-state index is 0.0358. The van der Waals surface area contributed by atoms with Gasteiger partial charge in [0, 0.05) is 11.8 Å². The second-order valence-corrected chi connectivity index (χ2v) is 4.78. The molecule has 108 valence electrons. The van der Waals surface area contributed by atoms with E-state index < -0.39 is 23.7 Å². The van der Waals surface area contributed by atoms with Gasteiger partial charge in [-0.25, -0.2) is 0 Å². The summed E-state index contributed by atoms with van der Waals surface area (Å²) in [6.07, 6.45) is 0.249. The maximum absolute atomic E-state index is 11.9. The lowest BCUT2D eigenvalue weighted by Crippen LogP contribution is -2.41. The van der Waals surface area contributed by atoms with Gasteiger partial charge in [-0.3, -0.25) is 19.5 Å². The first-order valence-electron chi connectivity index (χ1n) is 6.26. The minimum atomic E-state index is -0.922. The molecule has 2 heterocycles. The summed E-state index contributed by atoms with van der Waals surface area (Å²) in [6.45, 7) is 0. The molecule has 8 nitrogen and oxygen atoms in total. The minimum Gasteiger partial charge on any atom is -0.494 e. The summed E-state index contributed by atoms with van der Waals surface area (Å²) in [4.78, 5) is 33.9. The number of carbonyl (C=O) groups is 2. The summed E-state index contributed by atoms with van der Waals surface area (Å²) in [5.74, 6) is -1.78. The van der Waals surface area contributed by atoms with Gasteiger partial charge in [-0.05, 0) is 23.7 Å². The fourth-order valence-corrected chi connectivity index (χ4v) is 2.61. The van der Waals surface area contributed by atoms with Crippen molar-refractivity contribution in [3.63, 3.8) is 0 Å². The Morgan fingerprint density at radius 1 is 1.24 bits per heavy atom. The summed E-state index contributed by atoms with van der Waals surface area (Å²) < 4.78 is 1.01. The highest BCUT2D eigenvalue weighted by atomic mass is 16.3. The summed E-state index contributed by atoms with van der Waals surface area (Å²) in [6, 6.07) is 3.48. The number of fused-ring (bicyclic) bond motifs is 1. The van der Waals surface area contributed by atoms with Crippen LogP contribution in [0.3, 0.4) is 0 Å². The SMILES string of the molecule is O=Nc1cccc2c(O)n(C3CCC(=O)NC3=O)c(O)c12. The fraction of sp³-hybridized carbons (Fsp3) is 0.231. The van der Waals surface area contributed by atoms with Crippen LogP contribution in [0.4, 0.5) is 5.69 Å². The van der Waals surface area contributed by atoms with Crippen molar-refractivity contribution in [2.24, 2.45) is 5.18 Å². The Morgan fingerprint density at radius 3 is 2.67 bits per heavy atom. The Bertz CT molecular complexity index is 780. The summed E-state index contributed by atoms with van der Waals surface area (Å²) in [7, 11) is 0. The number of nitroso groups, excluding NO2 is 1. The van der Waals surface area contributed by atoms with E-state index in [0.717, 1.165) is 4.57 Å². The average molecular weight is 289 g/mol. The van der Waals surface area contributed by atoms with E-state index in [2.05, 4.69) is 10.5 Å². The van der Waals surface area contributed by atoms with Crippen LogP contribution >= 0.6 is 0 Å². The molecule has 3 rings (SSSR count). The highest BCUT2D eigenvalue weighted by Crippen LogP contribution is 2.44. The van der Waals surface area contributed by atoms with Gasteiger partial charge >= 0.3 is 0 Å². The highest BCUT2D eigenvalue weighted by Gasteiger charge is 2.33. The molecule has 0 saturated carbocycles. The fourth-order valence-electron chi connectivity index (χ4n) is 2.61. The zero-order valence-electron chi connectivity index (χ0n) is 10.7. The number of hydrogen-bond acceptors (Lipinski definition) is 6. The molecule has 2 amide bonds. The number of imide groups is 1. The smallest absolute Gasteiger partial charge is 0.249 e. The quantitative estimate of drug-likeness (QED) is 0.570. The van der Waals surface area contributed by atoms with Gasteiger partial charge in [0.25, 0.3) is 0 Å². The predicted molar refractivity (Wildman–Crippen MR) is 72.1 cm³/mol. The zero-order chi connectivity index (χ0) is 15.1. The first-order chi connectivity index (χ1) is 10.0. The van der Waals surface area contributed by atoms with E-state index in [1.807, 2.05) is 0 Å². The molecule has 1 aliphatic heterocycles. The van der Waals surface area contributed by atoms with Crippen LogP contribution in [0.2, 0.25) is 0 Å². The van der Waals surface area contributed by atoms with Gasteiger partial charge in [0.2, 0.25) is 23.6 Å². The molecule has 8 heteroatoms. The number of aromatic hydroxyl groups is 2. The first kappa shape index (κ1) is 13.1. The number of nitrogens with zero attached hydrogens (tertiary/aromatic N) is 2. The van der Waals surface area contributed by atoms with Crippen molar-refractivity contribution in [3.8, 4) is 11.8 Å². The molecule has 1 fully saturated rings. The standard InChI is InChI=1S/C13H11N3O5/c17-9-5-4-8(11(18)14-9)16-12(19)6-2-1-3-7(15-21)10(6)13(16)20/h1-3,8,19-20H,4-5H2,(H,14,17,18). The van der Waals surface area contributed by atoms with E-state index in [4.69, 9.17) is 0 Å². The van der Waals surface area contributed by atoms with Crippen molar-refractivity contribution >= 4 is 28.3 Å². The largest absolute Gasteiger partial charge is 0.494 e. The molecule has 3 N–H and O–H groups in total. The molecule has 21 heavy (non-hydrogen) atoms. The molecule has 0 spiro atoms. The van der Waals surface area contributed by atoms with Crippen LogP contribution in [0.1, 0.15) is 18.9 Å². The summed E-state index contributed by atoms with van der Waals surface area (Å²) >= 11 is 0. The number of rotatable bonds is 2. The molecular weight excluding hydrogens is 278 g/mol. The number of nitrogens with one attached hydrogen (secondary N) is 1. The summed E-state index contributed by atoms with van der Waals surface area (Å²) in [5, 5.41) is 25.7. The Labute approximate surface area is 118 Å². The van der Waals surface area contributed by atoms with E-state index >= 15 is 0 Å². The number of piperidine rings is 1. The molecule has 1 aromatic carbocycles. The normalized spacial score (nSPS) is 18.8. The number of benzene rings is 1. The van der Waals surface area contributed by atoms with Gasteiger partial charge < -0.3 is 10.2 Å². The van der Waals surface area contributed by atoms with Crippen molar-refractivity contribution < 1.29 is 19.8 Å².